The summed E-state index contributed by atoms with van der Waals surface area (Å²) in [5.41, 5.74) is 0.948. The lowest BCUT2D eigenvalue weighted by Crippen LogP contribution is -2.30. The molecule has 3 rings (SSSR count). The molecule has 0 radical (unpaired) electrons. The standard InChI is InChI=1S/C14H14BrFO/c15-10-4-5-11(16)9-8-14(13(17)12(9)10)6-2-1-3-7-14/h4-5H,1-3,6-8H2. The van der Waals surface area contributed by atoms with Crippen molar-refractivity contribution in [2.45, 2.75) is 38.5 Å². The molecule has 90 valence electrons. The summed E-state index contributed by atoms with van der Waals surface area (Å²) in [6.07, 6.45) is 5.85. The van der Waals surface area contributed by atoms with Crippen molar-refractivity contribution >= 4 is 21.7 Å². The average Bonchev–Trinajstić information content (AvgIpc) is 2.61. The van der Waals surface area contributed by atoms with Crippen molar-refractivity contribution in [3.63, 3.8) is 0 Å². The first-order valence-corrected chi connectivity index (χ1v) is 6.95. The second-order valence-corrected chi connectivity index (χ2v) is 6.08. The van der Waals surface area contributed by atoms with E-state index in [0.717, 1.165) is 30.2 Å². The van der Waals surface area contributed by atoms with E-state index in [9.17, 15) is 9.18 Å². The minimum absolute atomic E-state index is 0.165. The Morgan fingerprint density at radius 1 is 1.18 bits per heavy atom. The summed E-state index contributed by atoms with van der Waals surface area (Å²) in [6, 6.07) is 3.10. The number of carbonyl (C=O) groups is 1. The maximum atomic E-state index is 13.8. The molecule has 1 fully saturated rings. The zero-order chi connectivity index (χ0) is 12.0. The molecule has 0 unspecified atom stereocenters. The number of benzene rings is 1. The van der Waals surface area contributed by atoms with Crippen molar-refractivity contribution < 1.29 is 9.18 Å². The van der Waals surface area contributed by atoms with Gasteiger partial charge in [-0.05, 0) is 31.4 Å². The first kappa shape index (κ1) is 11.4. The van der Waals surface area contributed by atoms with E-state index >= 15 is 0 Å². The van der Waals surface area contributed by atoms with E-state index in [0.29, 0.717) is 17.5 Å². The van der Waals surface area contributed by atoms with Crippen LogP contribution in [0.3, 0.4) is 0 Å². The molecular weight excluding hydrogens is 283 g/mol. The Kier molecular flexibility index (Phi) is 2.62. The molecule has 0 aromatic heterocycles. The summed E-state index contributed by atoms with van der Waals surface area (Å²) in [7, 11) is 0. The third-order valence-corrected chi connectivity index (χ3v) is 4.90. The Bertz CT molecular complexity index is 489. The molecule has 2 aliphatic rings. The van der Waals surface area contributed by atoms with E-state index in [4.69, 9.17) is 0 Å². The number of hydrogen-bond acceptors (Lipinski definition) is 1. The lowest BCUT2D eigenvalue weighted by molar-refractivity contribution is 0.0747. The highest BCUT2D eigenvalue weighted by atomic mass is 79.9. The van der Waals surface area contributed by atoms with Gasteiger partial charge in [0.1, 0.15) is 5.82 Å². The van der Waals surface area contributed by atoms with Crippen molar-refractivity contribution in [3.05, 3.63) is 33.5 Å². The lowest BCUT2D eigenvalue weighted by atomic mass is 9.71. The summed E-state index contributed by atoms with van der Waals surface area (Å²) in [5, 5.41) is 0. The van der Waals surface area contributed by atoms with Crippen LogP contribution in [0, 0.1) is 11.2 Å². The molecule has 0 atom stereocenters. The summed E-state index contributed by atoms with van der Waals surface area (Å²) in [6.45, 7) is 0. The van der Waals surface area contributed by atoms with Crippen LogP contribution in [0.2, 0.25) is 0 Å². The van der Waals surface area contributed by atoms with Gasteiger partial charge in [-0.1, -0.05) is 35.2 Å². The van der Waals surface area contributed by atoms with Gasteiger partial charge in [0.15, 0.2) is 5.78 Å². The number of fused-ring (bicyclic) bond motifs is 1. The van der Waals surface area contributed by atoms with E-state index in [1.807, 2.05) is 0 Å². The number of halogens is 2. The molecule has 1 saturated carbocycles. The van der Waals surface area contributed by atoms with Crippen LogP contribution in [0.4, 0.5) is 4.39 Å². The van der Waals surface area contributed by atoms with Crippen LogP contribution >= 0.6 is 15.9 Å². The molecule has 0 heterocycles. The Morgan fingerprint density at radius 2 is 1.88 bits per heavy atom. The molecule has 1 nitrogen and oxygen atoms in total. The molecule has 0 amide bonds. The smallest absolute Gasteiger partial charge is 0.170 e. The van der Waals surface area contributed by atoms with Gasteiger partial charge in [-0.15, -0.1) is 0 Å². The summed E-state index contributed by atoms with van der Waals surface area (Å²) in [4.78, 5) is 12.5. The number of hydrogen-bond donors (Lipinski definition) is 0. The second-order valence-electron chi connectivity index (χ2n) is 5.23. The number of ketones is 1. The highest BCUT2D eigenvalue weighted by Crippen LogP contribution is 2.49. The first-order valence-electron chi connectivity index (χ1n) is 6.16. The van der Waals surface area contributed by atoms with Crippen LogP contribution in [0.25, 0.3) is 0 Å². The molecule has 1 aromatic carbocycles. The quantitative estimate of drug-likeness (QED) is 0.698. The first-order chi connectivity index (χ1) is 8.14. The predicted octanol–water partition coefficient (Wildman–Crippen LogP) is 4.28. The lowest BCUT2D eigenvalue weighted by Gasteiger charge is -2.31. The zero-order valence-corrected chi connectivity index (χ0v) is 11.1. The molecule has 1 aromatic rings. The number of rotatable bonds is 0. The third kappa shape index (κ3) is 1.59. The van der Waals surface area contributed by atoms with Crippen LogP contribution in [0.5, 0.6) is 0 Å². The van der Waals surface area contributed by atoms with E-state index in [1.54, 1.807) is 6.07 Å². The molecule has 17 heavy (non-hydrogen) atoms. The minimum atomic E-state index is -0.286. The Morgan fingerprint density at radius 3 is 2.53 bits per heavy atom. The van der Waals surface area contributed by atoms with Gasteiger partial charge in [-0.3, -0.25) is 4.79 Å². The summed E-state index contributed by atoms with van der Waals surface area (Å²) < 4.78 is 14.6. The SMILES string of the molecule is O=C1c2c(Br)ccc(F)c2CC12CCCCC2. The highest BCUT2D eigenvalue weighted by Gasteiger charge is 2.47. The van der Waals surface area contributed by atoms with Gasteiger partial charge in [0, 0.05) is 21.0 Å². The topological polar surface area (TPSA) is 17.1 Å². The van der Waals surface area contributed by atoms with Crippen LogP contribution in [-0.2, 0) is 6.42 Å². The fourth-order valence-electron chi connectivity index (χ4n) is 3.33. The third-order valence-electron chi connectivity index (χ3n) is 4.24. The van der Waals surface area contributed by atoms with Gasteiger partial charge in [0.05, 0.1) is 0 Å². The maximum absolute atomic E-state index is 13.8. The Balaban J connectivity index is 2.10. The van der Waals surface area contributed by atoms with Crippen molar-refractivity contribution in [2.75, 3.05) is 0 Å². The Hall–Kier alpha value is -0.700. The van der Waals surface area contributed by atoms with Gasteiger partial charge in [0.25, 0.3) is 0 Å². The van der Waals surface area contributed by atoms with Crippen molar-refractivity contribution in [2.24, 2.45) is 5.41 Å². The average molecular weight is 297 g/mol. The monoisotopic (exact) mass is 296 g/mol. The highest BCUT2D eigenvalue weighted by molar-refractivity contribution is 9.10. The van der Waals surface area contributed by atoms with E-state index in [1.165, 1.54) is 12.5 Å². The largest absolute Gasteiger partial charge is 0.293 e. The van der Waals surface area contributed by atoms with E-state index in [2.05, 4.69) is 15.9 Å². The van der Waals surface area contributed by atoms with E-state index in [-0.39, 0.29) is 17.0 Å². The van der Waals surface area contributed by atoms with Crippen LogP contribution in [-0.4, -0.2) is 5.78 Å². The Labute approximate surface area is 109 Å². The fraction of sp³-hybridized carbons (Fsp3) is 0.500. The number of Topliss-reactive ketones (excluding diaryl/α,β-unsaturated/α-hetero) is 1. The molecular formula is C14H14BrFO. The van der Waals surface area contributed by atoms with Gasteiger partial charge < -0.3 is 0 Å². The van der Waals surface area contributed by atoms with Gasteiger partial charge in [-0.25, -0.2) is 4.39 Å². The zero-order valence-electron chi connectivity index (χ0n) is 9.56. The summed E-state index contributed by atoms with van der Waals surface area (Å²) >= 11 is 3.38. The van der Waals surface area contributed by atoms with Gasteiger partial charge >= 0.3 is 0 Å². The van der Waals surface area contributed by atoms with Gasteiger partial charge in [0.2, 0.25) is 0 Å². The van der Waals surface area contributed by atoms with Crippen molar-refractivity contribution in [1.29, 1.82) is 0 Å². The molecule has 3 heteroatoms. The molecule has 0 N–H and O–H groups in total. The normalized spacial score (nSPS) is 21.9. The maximum Gasteiger partial charge on any atom is 0.170 e. The van der Waals surface area contributed by atoms with Gasteiger partial charge in [-0.2, -0.15) is 0 Å². The second kappa shape index (κ2) is 3.91. The number of carbonyl (C=O) groups excluding carboxylic acids is 1. The fourth-order valence-corrected chi connectivity index (χ4v) is 3.88. The van der Waals surface area contributed by atoms with Crippen molar-refractivity contribution in [3.8, 4) is 0 Å². The molecule has 0 bridgehead atoms. The van der Waals surface area contributed by atoms with Crippen LogP contribution in [0.1, 0.15) is 48.0 Å². The molecule has 0 aliphatic heterocycles. The molecule has 0 saturated heterocycles. The van der Waals surface area contributed by atoms with Crippen LogP contribution < -0.4 is 0 Å². The van der Waals surface area contributed by atoms with Crippen molar-refractivity contribution in [1.82, 2.24) is 0 Å². The predicted molar refractivity (Wildman–Crippen MR) is 67.7 cm³/mol. The minimum Gasteiger partial charge on any atom is -0.293 e. The molecule has 2 aliphatic carbocycles. The molecule has 1 spiro atoms. The van der Waals surface area contributed by atoms with Crippen LogP contribution in [0.15, 0.2) is 16.6 Å². The summed E-state index contributed by atoms with van der Waals surface area (Å²) in [5.74, 6) is -0.0578. The van der Waals surface area contributed by atoms with E-state index < -0.39 is 0 Å².